The second-order valence-electron chi connectivity index (χ2n) is 22.0. The van der Waals surface area contributed by atoms with Gasteiger partial charge in [0.1, 0.15) is 0 Å². The summed E-state index contributed by atoms with van der Waals surface area (Å²) in [5, 5.41) is 0. The third-order valence-electron chi connectivity index (χ3n) is 17.4. The van der Waals surface area contributed by atoms with Crippen LogP contribution in [-0.4, -0.2) is 39.9 Å². The molecule has 0 saturated heterocycles. The number of benzene rings is 4. The lowest BCUT2D eigenvalue weighted by Gasteiger charge is -2.10. The van der Waals surface area contributed by atoms with Crippen molar-refractivity contribution in [1.82, 2.24) is 39.9 Å². The zero-order chi connectivity index (χ0) is 55.9. The molecule has 0 saturated carbocycles. The second-order valence-corrected chi connectivity index (χ2v) is 22.0. The van der Waals surface area contributed by atoms with Gasteiger partial charge in [-0.3, -0.25) is 0 Å². The first-order valence-corrected chi connectivity index (χ1v) is 28.6. The fraction of sp³-hybridized carbons (Fsp3) is 0.135. The van der Waals surface area contributed by atoms with Crippen LogP contribution in [0.1, 0.15) is 109 Å². The van der Waals surface area contributed by atoms with Crippen LogP contribution in [0.2, 0.25) is 0 Å². The molecule has 10 heterocycles. The summed E-state index contributed by atoms with van der Waals surface area (Å²) in [5.74, 6) is 0. The molecular weight excluding hydrogens is 1000 g/mol. The number of aromatic amines is 4. The van der Waals surface area contributed by atoms with E-state index in [-0.39, 0.29) is 0 Å². The van der Waals surface area contributed by atoms with Gasteiger partial charge in [-0.2, -0.15) is 0 Å². The van der Waals surface area contributed by atoms with E-state index in [1.807, 2.05) is 0 Å². The Kier molecular flexibility index (Phi) is 12.3. The van der Waals surface area contributed by atoms with Crippen molar-refractivity contribution in [2.45, 2.75) is 68.2 Å². The van der Waals surface area contributed by atoms with E-state index in [2.05, 4.69) is 257 Å². The Morgan fingerprint density at radius 3 is 1.17 bits per heavy atom. The van der Waals surface area contributed by atoms with Crippen molar-refractivity contribution < 1.29 is 0 Å². The number of H-pyrrole nitrogens is 4. The van der Waals surface area contributed by atoms with Gasteiger partial charge in [0, 0.05) is 66.4 Å². The van der Waals surface area contributed by atoms with Gasteiger partial charge in [-0.05, 0) is 194 Å². The number of hydrogen-bond acceptors (Lipinski definition) is 4. The van der Waals surface area contributed by atoms with Crippen molar-refractivity contribution >= 4 is 90.7 Å². The van der Waals surface area contributed by atoms with E-state index in [4.69, 9.17) is 19.9 Å². The molecule has 4 N–H and O–H groups in total. The van der Waals surface area contributed by atoms with Gasteiger partial charge in [0.15, 0.2) is 0 Å². The minimum absolute atomic E-state index is 0.852. The van der Waals surface area contributed by atoms with E-state index in [1.54, 1.807) is 0 Å². The SMILES string of the molecule is CCC1=C(C)c2cc3[nH]c(c(C)c3C)c(-c3ccc(-c4c5nc(c(-c6ccccc6)c6ccc([nH]6)c(-c6ccccc6)c6nc(c(-c7ccccc7)c7ccc4[nH]7)C=C6)C=C5)cc3)c3nc(cc4[nH]c(cc1n2)c(CC)c4C)C(C)=C3C. The Hall–Kier alpha value is -9.92. The van der Waals surface area contributed by atoms with Crippen molar-refractivity contribution in [3.63, 3.8) is 0 Å². The van der Waals surface area contributed by atoms with Crippen LogP contribution in [0.4, 0.5) is 0 Å². The van der Waals surface area contributed by atoms with Gasteiger partial charge in [0.25, 0.3) is 0 Å². The zero-order valence-corrected chi connectivity index (χ0v) is 47.5. The first-order chi connectivity index (χ1) is 40.0. The summed E-state index contributed by atoms with van der Waals surface area (Å²) >= 11 is 0. The molecule has 0 spiro atoms. The van der Waals surface area contributed by atoms with Crippen LogP contribution in [-0.2, 0) is 6.42 Å². The molecule has 0 fully saturated rings. The molecule has 16 bridgehead atoms. The van der Waals surface area contributed by atoms with E-state index in [9.17, 15) is 0 Å². The van der Waals surface area contributed by atoms with Gasteiger partial charge in [0.05, 0.1) is 51.1 Å². The average molecular weight is 1060 g/mol. The Labute approximate surface area is 477 Å². The molecule has 8 heteroatoms. The van der Waals surface area contributed by atoms with Gasteiger partial charge in [-0.15, -0.1) is 0 Å². The third-order valence-corrected chi connectivity index (χ3v) is 17.4. The molecule has 82 heavy (non-hydrogen) atoms. The minimum Gasteiger partial charge on any atom is -0.355 e. The highest BCUT2D eigenvalue weighted by molar-refractivity contribution is 6.03. The zero-order valence-electron chi connectivity index (χ0n) is 47.5. The van der Waals surface area contributed by atoms with Crippen molar-refractivity contribution in [2.24, 2.45) is 0 Å². The van der Waals surface area contributed by atoms with Crippen LogP contribution in [0, 0.1) is 20.8 Å². The van der Waals surface area contributed by atoms with Crippen molar-refractivity contribution in [3.8, 4) is 55.6 Å². The molecule has 0 aliphatic carbocycles. The molecule has 10 aromatic rings. The Morgan fingerprint density at radius 1 is 0.317 bits per heavy atom. The van der Waals surface area contributed by atoms with Crippen LogP contribution >= 0.6 is 0 Å². The molecular formula is C74H62N8. The van der Waals surface area contributed by atoms with Crippen LogP contribution < -0.4 is 0 Å². The van der Waals surface area contributed by atoms with Gasteiger partial charge in [-0.25, -0.2) is 19.9 Å². The molecule has 0 amide bonds. The Bertz CT molecular complexity index is 4750. The number of fused-ring (bicyclic) bond motifs is 16. The molecule has 0 unspecified atom stereocenters. The van der Waals surface area contributed by atoms with Crippen molar-refractivity contribution in [3.05, 3.63) is 226 Å². The number of aryl methyl sites for hydroxylation is 4. The predicted molar refractivity (Wildman–Crippen MR) is 345 cm³/mol. The minimum atomic E-state index is 0.852. The average Bonchev–Trinajstić information content (AvgIpc) is 3.95. The van der Waals surface area contributed by atoms with Crippen LogP contribution in [0.25, 0.3) is 146 Å². The Morgan fingerprint density at radius 2 is 0.720 bits per heavy atom. The quantitative estimate of drug-likeness (QED) is 0.127. The van der Waals surface area contributed by atoms with E-state index < -0.39 is 0 Å². The van der Waals surface area contributed by atoms with Gasteiger partial charge in [-0.1, -0.05) is 129 Å². The lowest BCUT2D eigenvalue weighted by molar-refractivity contribution is 1.14. The van der Waals surface area contributed by atoms with E-state index in [1.165, 1.54) is 33.4 Å². The van der Waals surface area contributed by atoms with Gasteiger partial charge >= 0.3 is 0 Å². The molecule has 0 atom stereocenters. The molecule has 0 radical (unpaired) electrons. The predicted octanol–water partition coefficient (Wildman–Crippen LogP) is 19.4. The topological polar surface area (TPSA) is 115 Å². The van der Waals surface area contributed by atoms with Crippen LogP contribution in [0.15, 0.2) is 158 Å². The third kappa shape index (κ3) is 8.35. The van der Waals surface area contributed by atoms with Crippen molar-refractivity contribution in [1.29, 1.82) is 0 Å². The molecule has 8 nitrogen and oxygen atoms in total. The van der Waals surface area contributed by atoms with Crippen molar-refractivity contribution in [2.75, 3.05) is 0 Å². The van der Waals surface area contributed by atoms with E-state index in [0.29, 0.717) is 0 Å². The smallest absolute Gasteiger partial charge is 0.0768 e. The monoisotopic (exact) mass is 1060 g/mol. The summed E-state index contributed by atoms with van der Waals surface area (Å²) in [6, 6.07) is 56.2. The number of nitrogens with zero attached hydrogens (tertiary/aromatic N) is 4. The largest absolute Gasteiger partial charge is 0.355 e. The standard InChI is InChI=1S/C74H62N8/c1-9-52-45(7)64-38-62-41(3)43(5)73(81-62)72(74-44(6)42(4)63(82-74)39-65-46(8)53(10-2)67(80-65)40-66(52)79-64)51-28-26-50(27-29-51)71-60-36-34-58(77-60)69(48-22-16-12-17-23-48)56-32-30-54(75-56)68(47-20-14-11-15-21-47)55-31-33-57(76-55)70(49-24-18-13-19-25-49)59-35-37-61(71)78-59/h11-40,75,78-79,82H,9-10H2,1-8H3. The van der Waals surface area contributed by atoms with E-state index >= 15 is 0 Å². The maximum atomic E-state index is 5.62. The fourth-order valence-corrected chi connectivity index (χ4v) is 12.7. The molecule has 4 aliphatic heterocycles. The molecule has 4 aliphatic rings. The van der Waals surface area contributed by atoms with E-state index in [0.717, 1.165) is 169 Å². The summed E-state index contributed by atoms with van der Waals surface area (Å²) in [4.78, 5) is 37.7. The molecule has 14 rings (SSSR count). The highest BCUT2D eigenvalue weighted by atomic mass is 14.8. The summed E-state index contributed by atoms with van der Waals surface area (Å²) in [6.45, 7) is 17.8. The Balaban J connectivity index is 1.04. The highest BCUT2D eigenvalue weighted by Crippen LogP contribution is 2.43. The lowest BCUT2D eigenvalue weighted by atomic mass is 9.95. The summed E-state index contributed by atoms with van der Waals surface area (Å²) in [7, 11) is 0. The number of rotatable bonds is 7. The fourth-order valence-electron chi connectivity index (χ4n) is 12.7. The number of hydrogen-bond donors (Lipinski definition) is 4. The maximum absolute atomic E-state index is 5.62. The van der Waals surface area contributed by atoms with Gasteiger partial charge < -0.3 is 19.9 Å². The molecule has 6 aromatic heterocycles. The molecule has 4 aromatic carbocycles. The molecule has 398 valence electrons. The summed E-state index contributed by atoms with van der Waals surface area (Å²) in [5.41, 5.74) is 35.5. The van der Waals surface area contributed by atoms with Crippen LogP contribution in [0.3, 0.4) is 0 Å². The normalized spacial score (nSPS) is 13.0. The lowest BCUT2D eigenvalue weighted by Crippen LogP contribution is -1.91. The maximum Gasteiger partial charge on any atom is 0.0768 e. The summed E-state index contributed by atoms with van der Waals surface area (Å²) < 4.78 is 0. The second kappa shape index (κ2) is 20.0. The number of allylic oxidation sites excluding steroid dienone is 4. The first kappa shape index (κ1) is 50.3. The van der Waals surface area contributed by atoms with Gasteiger partial charge in [0.2, 0.25) is 0 Å². The number of aromatic nitrogens is 8. The first-order valence-electron chi connectivity index (χ1n) is 28.6. The summed E-state index contributed by atoms with van der Waals surface area (Å²) in [6.07, 6.45) is 10.4. The highest BCUT2D eigenvalue weighted by Gasteiger charge is 2.24. The number of nitrogens with one attached hydrogen (secondary N) is 4. The van der Waals surface area contributed by atoms with Crippen LogP contribution in [0.5, 0.6) is 0 Å².